The van der Waals surface area contributed by atoms with Crippen molar-refractivity contribution in [3.05, 3.63) is 78.4 Å². The summed E-state index contributed by atoms with van der Waals surface area (Å²) in [6.45, 7) is 0.110. The fraction of sp³-hybridized carbons (Fsp3) is 0.105. The first-order valence-corrected chi connectivity index (χ1v) is 7.95. The molecule has 6 heteroatoms. The van der Waals surface area contributed by atoms with Crippen LogP contribution in [0.15, 0.2) is 67.1 Å². The molecule has 25 heavy (non-hydrogen) atoms. The first kappa shape index (κ1) is 15.3. The van der Waals surface area contributed by atoms with Gasteiger partial charge in [0.15, 0.2) is 0 Å². The molecule has 0 saturated heterocycles. The molecular weight excluding hydrogens is 316 g/mol. The summed E-state index contributed by atoms with van der Waals surface area (Å²) in [5, 5.41) is 15.2. The lowest BCUT2D eigenvalue weighted by Gasteiger charge is -2.12. The minimum atomic E-state index is -0.788. The fourth-order valence-corrected chi connectivity index (χ4v) is 2.75. The van der Waals surface area contributed by atoms with E-state index >= 15 is 0 Å². The quantitative estimate of drug-likeness (QED) is 0.601. The average molecular weight is 332 g/mol. The number of hydrogen-bond acceptors (Lipinski definition) is 4. The Morgan fingerprint density at radius 3 is 2.84 bits per heavy atom. The lowest BCUT2D eigenvalue weighted by Crippen LogP contribution is -2.28. The first-order chi connectivity index (χ1) is 12.2. The average Bonchev–Trinajstić information content (AvgIpc) is 3.09. The molecule has 1 amide bonds. The molecule has 0 radical (unpaired) electrons. The molecule has 124 valence electrons. The molecule has 1 unspecified atom stereocenters. The van der Waals surface area contributed by atoms with Gasteiger partial charge in [-0.05, 0) is 28.5 Å². The standard InChI is InChI=1S/C19H16N4O2/c24-17(15-7-6-13-4-1-2-5-14(13)10-15)11-21-18(25)16-12-23-9-3-8-20-19(23)22-16/h1-10,12,17,24H,11H2,(H,21,25). The zero-order valence-electron chi connectivity index (χ0n) is 13.3. The fourth-order valence-electron chi connectivity index (χ4n) is 2.75. The minimum Gasteiger partial charge on any atom is -0.387 e. The number of nitrogens with zero attached hydrogens (tertiary/aromatic N) is 3. The molecule has 4 aromatic rings. The van der Waals surface area contributed by atoms with E-state index < -0.39 is 6.10 Å². The van der Waals surface area contributed by atoms with Gasteiger partial charge >= 0.3 is 0 Å². The van der Waals surface area contributed by atoms with Crippen LogP contribution in [0.5, 0.6) is 0 Å². The molecule has 0 aliphatic rings. The van der Waals surface area contributed by atoms with Gasteiger partial charge in [-0.1, -0.05) is 36.4 Å². The van der Waals surface area contributed by atoms with Crippen molar-refractivity contribution in [2.45, 2.75) is 6.10 Å². The van der Waals surface area contributed by atoms with E-state index in [1.807, 2.05) is 42.5 Å². The van der Waals surface area contributed by atoms with Crippen molar-refractivity contribution in [3.63, 3.8) is 0 Å². The number of fused-ring (bicyclic) bond motifs is 2. The van der Waals surface area contributed by atoms with Gasteiger partial charge in [-0.25, -0.2) is 9.97 Å². The van der Waals surface area contributed by atoms with Gasteiger partial charge in [-0.15, -0.1) is 0 Å². The second kappa shape index (κ2) is 6.33. The van der Waals surface area contributed by atoms with Crippen molar-refractivity contribution in [2.75, 3.05) is 6.54 Å². The highest BCUT2D eigenvalue weighted by atomic mass is 16.3. The number of aliphatic hydroxyl groups is 1. The van der Waals surface area contributed by atoms with Crippen LogP contribution in [0.1, 0.15) is 22.2 Å². The lowest BCUT2D eigenvalue weighted by atomic mass is 10.0. The Bertz CT molecular complexity index is 1020. The van der Waals surface area contributed by atoms with E-state index in [2.05, 4.69) is 15.3 Å². The van der Waals surface area contributed by atoms with Gasteiger partial charge in [0.05, 0.1) is 6.10 Å². The Morgan fingerprint density at radius 1 is 1.16 bits per heavy atom. The topological polar surface area (TPSA) is 79.5 Å². The summed E-state index contributed by atoms with van der Waals surface area (Å²) in [7, 11) is 0. The Balaban J connectivity index is 1.46. The number of rotatable bonds is 4. The monoisotopic (exact) mass is 332 g/mol. The molecule has 0 aliphatic heterocycles. The third-order valence-corrected chi connectivity index (χ3v) is 4.08. The Morgan fingerprint density at radius 2 is 2.00 bits per heavy atom. The maximum Gasteiger partial charge on any atom is 0.271 e. The molecule has 4 rings (SSSR count). The Hall–Kier alpha value is -3.25. The molecular formula is C19H16N4O2. The van der Waals surface area contributed by atoms with Gasteiger partial charge in [0.2, 0.25) is 5.78 Å². The number of benzene rings is 2. The number of hydrogen-bond donors (Lipinski definition) is 2. The number of nitrogens with one attached hydrogen (secondary N) is 1. The van der Waals surface area contributed by atoms with E-state index in [0.717, 1.165) is 16.3 Å². The van der Waals surface area contributed by atoms with Crippen LogP contribution in [0.2, 0.25) is 0 Å². The van der Waals surface area contributed by atoms with Crippen molar-refractivity contribution in [3.8, 4) is 0 Å². The predicted molar refractivity (Wildman–Crippen MR) is 94.2 cm³/mol. The summed E-state index contributed by atoms with van der Waals surface area (Å²) in [6.07, 6.45) is 4.22. The SMILES string of the molecule is O=C(NCC(O)c1ccc2ccccc2c1)c1cn2cccnc2n1. The summed E-state index contributed by atoms with van der Waals surface area (Å²) in [4.78, 5) is 20.5. The number of imidazole rings is 1. The third-order valence-electron chi connectivity index (χ3n) is 4.08. The summed E-state index contributed by atoms with van der Waals surface area (Å²) < 4.78 is 1.68. The predicted octanol–water partition coefficient (Wildman–Crippen LogP) is 2.35. The van der Waals surface area contributed by atoms with Crippen molar-refractivity contribution in [2.24, 2.45) is 0 Å². The van der Waals surface area contributed by atoms with E-state index in [1.54, 1.807) is 29.1 Å². The largest absolute Gasteiger partial charge is 0.387 e. The maximum atomic E-state index is 12.2. The van der Waals surface area contributed by atoms with Crippen molar-refractivity contribution >= 4 is 22.5 Å². The maximum absolute atomic E-state index is 12.2. The van der Waals surface area contributed by atoms with Crippen LogP contribution in [0.25, 0.3) is 16.6 Å². The van der Waals surface area contributed by atoms with Gasteiger partial charge in [0, 0.05) is 25.1 Å². The van der Waals surface area contributed by atoms with E-state index in [9.17, 15) is 9.90 Å². The van der Waals surface area contributed by atoms with Crippen LogP contribution in [-0.4, -0.2) is 31.9 Å². The molecule has 2 aromatic heterocycles. The van der Waals surface area contributed by atoms with Gasteiger partial charge in [0.1, 0.15) is 5.69 Å². The lowest BCUT2D eigenvalue weighted by molar-refractivity contribution is 0.0912. The number of aliphatic hydroxyl groups excluding tert-OH is 1. The third kappa shape index (κ3) is 3.07. The van der Waals surface area contributed by atoms with Crippen molar-refractivity contribution in [1.29, 1.82) is 0 Å². The molecule has 2 N–H and O–H groups in total. The smallest absolute Gasteiger partial charge is 0.271 e. The van der Waals surface area contributed by atoms with E-state index in [0.29, 0.717) is 5.78 Å². The minimum absolute atomic E-state index is 0.110. The van der Waals surface area contributed by atoms with Crippen LogP contribution >= 0.6 is 0 Å². The molecule has 0 fully saturated rings. The summed E-state index contributed by atoms with van der Waals surface area (Å²) in [6, 6.07) is 15.5. The number of amides is 1. The molecule has 0 bridgehead atoms. The van der Waals surface area contributed by atoms with Crippen LogP contribution < -0.4 is 5.32 Å². The van der Waals surface area contributed by atoms with Gasteiger partial charge in [-0.2, -0.15) is 0 Å². The van der Waals surface area contributed by atoms with Crippen LogP contribution in [0, 0.1) is 0 Å². The molecule has 0 spiro atoms. The highest BCUT2D eigenvalue weighted by Gasteiger charge is 2.14. The normalized spacial score (nSPS) is 12.4. The zero-order valence-corrected chi connectivity index (χ0v) is 13.3. The number of carbonyl (C=O) groups excluding carboxylic acids is 1. The van der Waals surface area contributed by atoms with Crippen LogP contribution in [0.3, 0.4) is 0 Å². The first-order valence-electron chi connectivity index (χ1n) is 7.95. The highest BCUT2D eigenvalue weighted by Crippen LogP contribution is 2.20. The van der Waals surface area contributed by atoms with Gasteiger partial charge in [0.25, 0.3) is 5.91 Å². The molecule has 0 aliphatic carbocycles. The van der Waals surface area contributed by atoms with Crippen molar-refractivity contribution in [1.82, 2.24) is 19.7 Å². The number of carbonyl (C=O) groups is 1. The second-order valence-corrected chi connectivity index (χ2v) is 5.79. The molecule has 2 heterocycles. The highest BCUT2D eigenvalue weighted by molar-refractivity contribution is 5.92. The van der Waals surface area contributed by atoms with Gasteiger partial charge in [-0.3, -0.25) is 9.20 Å². The second-order valence-electron chi connectivity index (χ2n) is 5.79. The van der Waals surface area contributed by atoms with Gasteiger partial charge < -0.3 is 10.4 Å². The Labute approximate surface area is 143 Å². The molecule has 2 aromatic carbocycles. The van der Waals surface area contributed by atoms with E-state index in [4.69, 9.17) is 0 Å². The molecule has 1 atom stereocenters. The molecule has 6 nitrogen and oxygen atoms in total. The summed E-state index contributed by atoms with van der Waals surface area (Å²) >= 11 is 0. The van der Waals surface area contributed by atoms with E-state index in [-0.39, 0.29) is 18.1 Å². The molecule has 0 saturated carbocycles. The summed E-state index contributed by atoms with van der Waals surface area (Å²) in [5.74, 6) is 0.119. The van der Waals surface area contributed by atoms with Crippen LogP contribution in [0.4, 0.5) is 0 Å². The Kier molecular flexibility index (Phi) is 3.87. The van der Waals surface area contributed by atoms with Crippen molar-refractivity contribution < 1.29 is 9.90 Å². The zero-order chi connectivity index (χ0) is 17.2. The van der Waals surface area contributed by atoms with Crippen LogP contribution in [-0.2, 0) is 0 Å². The summed E-state index contributed by atoms with van der Waals surface area (Å²) in [5.41, 5.74) is 1.03. The number of aromatic nitrogens is 3. The van der Waals surface area contributed by atoms with E-state index in [1.165, 1.54) is 0 Å².